The van der Waals surface area contributed by atoms with E-state index >= 15 is 0 Å². The summed E-state index contributed by atoms with van der Waals surface area (Å²) in [6, 6.07) is 0. The summed E-state index contributed by atoms with van der Waals surface area (Å²) in [5, 5.41) is 8.56. The highest BCUT2D eigenvalue weighted by atomic mass is 31.2. The van der Waals surface area contributed by atoms with Crippen LogP contribution < -0.4 is 16.0 Å². The fourth-order valence-electron chi connectivity index (χ4n) is 2.49. The lowest BCUT2D eigenvalue weighted by Crippen LogP contribution is -2.36. The first-order valence-electron chi connectivity index (χ1n) is 10.1. The number of carbonyl (C=O) groups is 2. The number of amides is 2. The first kappa shape index (κ1) is 30.5. The Morgan fingerprint density at radius 2 is 1.26 bits per heavy atom. The Labute approximate surface area is 186 Å². The molecule has 0 aliphatic heterocycles. The van der Waals surface area contributed by atoms with Crippen molar-refractivity contribution in [3.05, 3.63) is 0 Å². The monoisotopic (exact) mass is 490 g/mol. The lowest BCUT2D eigenvalue weighted by Gasteiger charge is -2.25. The van der Waals surface area contributed by atoms with Gasteiger partial charge in [0.1, 0.15) is 0 Å². The van der Waals surface area contributed by atoms with Gasteiger partial charge < -0.3 is 16.0 Å². The van der Waals surface area contributed by atoms with Crippen molar-refractivity contribution in [2.75, 3.05) is 73.7 Å². The van der Waals surface area contributed by atoms with Crippen molar-refractivity contribution in [2.24, 2.45) is 0 Å². The molecule has 0 heterocycles. The Hall–Kier alpha value is -0.520. The molecule has 14 heteroatoms. The van der Waals surface area contributed by atoms with Crippen LogP contribution in [0.3, 0.4) is 0 Å². The molecule has 0 saturated carbocycles. The molecule has 0 bridgehead atoms. The van der Waals surface area contributed by atoms with Gasteiger partial charge in [-0.1, -0.05) is 6.92 Å². The van der Waals surface area contributed by atoms with Crippen LogP contribution in [0.1, 0.15) is 26.2 Å². The van der Waals surface area contributed by atoms with Crippen LogP contribution in [-0.2, 0) is 27.7 Å². The molecule has 5 N–H and O–H groups in total. The summed E-state index contributed by atoms with van der Waals surface area (Å²) in [5.41, 5.74) is 0. The molecule has 0 aliphatic rings. The maximum atomic E-state index is 12.0. The van der Waals surface area contributed by atoms with Crippen LogP contribution in [0.4, 0.5) is 0 Å². The van der Waals surface area contributed by atoms with E-state index in [0.717, 1.165) is 6.54 Å². The minimum absolute atomic E-state index is 0.0234. The summed E-state index contributed by atoms with van der Waals surface area (Å²) < 4.78 is 20.3. The van der Waals surface area contributed by atoms with Crippen LogP contribution in [0, 0.1) is 0 Å². The molecule has 0 spiro atoms. The molecule has 0 aromatic carbocycles. The van der Waals surface area contributed by atoms with Crippen LogP contribution >= 0.6 is 15.9 Å². The first-order valence-corrected chi connectivity index (χ1v) is 13.6. The second-order valence-electron chi connectivity index (χ2n) is 6.59. The number of hydrogen-bond donors (Lipinski definition) is 5. The second-order valence-corrected chi connectivity index (χ2v) is 11.2. The van der Waals surface area contributed by atoms with E-state index in [-0.39, 0.29) is 30.8 Å². The van der Waals surface area contributed by atoms with Crippen LogP contribution in [0.2, 0.25) is 0 Å². The van der Waals surface area contributed by atoms with Crippen molar-refractivity contribution in [3.8, 4) is 0 Å². The van der Waals surface area contributed by atoms with Gasteiger partial charge in [-0.25, -0.2) is 4.90 Å². The van der Waals surface area contributed by atoms with Gasteiger partial charge in [-0.3, -0.25) is 9.59 Å². The molecule has 0 aromatic heterocycles. The molecule has 0 saturated heterocycles. The minimum Gasteiger partial charge on any atom is -0.354 e. The zero-order valence-corrected chi connectivity index (χ0v) is 21.0. The van der Waals surface area contributed by atoms with Gasteiger partial charge in [0.25, 0.3) is 0 Å². The number of rotatable bonds is 19. The SMILES string of the molecule is CCNCCC(=O)NCCNC(=O)CCCN(C[P+](O)(OC)OC)C[P+](O)(OC)OC. The van der Waals surface area contributed by atoms with Crippen molar-refractivity contribution < 1.29 is 37.5 Å². The van der Waals surface area contributed by atoms with E-state index < -0.39 is 15.9 Å². The maximum absolute atomic E-state index is 12.0. The van der Waals surface area contributed by atoms with E-state index in [0.29, 0.717) is 39.0 Å². The van der Waals surface area contributed by atoms with E-state index in [1.165, 1.54) is 28.4 Å². The average Bonchev–Trinajstić information content (AvgIpc) is 2.76. The largest absolute Gasteiger partial charge is 0.423 e. The van der Waals surface area contributed by atoms with Gasteiger partial charge in [0.2, 0.25) is 11.8 Å². The standard InChI is InChI=1S/C17H38N4O8P2/c1-6-18-10-9-17(23)20-12-11-19-16(22)8-7-13-21(14-30(24,26-2)27-3)15-31(25,28-4)29-5/h18,24-25H,6-15H2,1-5H3/p+2. The molecular weight excluding hydrogens is 450 g/mol. The number of hydrogen-bond acceptors (Lipinski definition) is 10. The van der Waals surface area contributed by atoms with Crippen molar-refractivity contribution >= 4 is 27.7 Å². The van der Waals surface area contributed by atoms with Crippen LogP contribution in [0.15, 0.2) is 0 Å². The number of nitrogens with zero attached hydrogens (tertiary/aromatic N) is 1. The predicted octanol–water partition coefficient (Wildman–Crippen LogP) is 0.311. The summed E-state index contributed by atoms with van der Waals surface area (Å²) in [7, 11) is -0.874. The van der Waals surface area contributed by atoms with E-state index in [9.17, 15) is 19.4 Å². The molecule has 0 fully saturated rings. The van der Waals surface area contributed by atoms with Gasteiger partial charge in [0.15, 0.2) is 12.6 Å². The van der Waals surface area contributed by atoms with Crippen molar-refractivity contribution in [1.82, 2.24) is 20.9 Å². The molecule has 0 aromatic rings. The summed E-state index contributed by atoms with van der Waals surface area (Å²) in [5.74, 6) is -0.223. The van der Waals surface area contributed by atoms with Gasteiger partial charge in [-0.05, 0) is 13.0 Å². The van der Waals surface area contributed by atoms with Crippen molar-refractivity contribution in [3.63, 3.8) is 0 Å². The lowest BCUT2D eigenvalue weighted by molar-refractivity contribution is -0.122. The summed E-state index contributed by atoms with van der Waals surface area (Å²) >= 11 is 0. The molecule has 0 aliphatic carbocycles. The maximum Gasteiger partial charge on any atom is 0.423 e. The Bertz CT molecular complexity index is 491. The van der Waals surface area contributed by atoms with Gasteiger partial charge in [-0.15, -0.1) is 0 Å². The number of carbonyl (C=O) groups excluding carboxylic acids is 2. The molecule has 12 nitrogen and oxygen atoms in total. The van der Waals surface area contributed by atoms with Gasteiger partial charge >= 0.3 is 15.9 Å². The molecule has 0 atom stereocenters. The Morgan fingerprint density at radius 1 is 0.806 bits per heavy atom. The lowest BCUT2D eigenvalue weighted by atomic mass is 10.3. The van der Waals surface area contributed by atoms with E-state index in [2.05, 4.69) is 16.0 Å². The Kier molecular flexibility index (Phi) is 16.7. The van der Waals surface area contributed by atoms with Gasteiger partial charge in [0.05, 0.1) is 28.4 Å². The highest BCUT2D eigenvalue weighted by Crippen LogP contribution is 2.60. The highest BCUT2D eigenvalue weighted by molar-refractivity contribution is 7.61. The third kappa shape index (κ3) is 14.3. The smallest absolute Gasteiger partial charge is 0.354 e. The second kappa shape index (κ2) is 17.0. The van der Waals surface area contributed by atoms with Crippen LogP contribution in [-0.4, -0.2) is 100 Å². The third-order valence-corrected chi connectivity index (χ3v) is 8.12. The summed E-state index contributed by atoms with van der Waals surface area (Å²) in [6.07, 6.45) is 1.14. The van der Waals surface area contributed by atoms with Gasteiger partial charge in [-0.2, -0.15) is 27.9 Å². The summed E-state index contributed by atoms with van der Waals surface area (Å²) in [4.78, 5) is 46.0. The fraction of sp³-hybridized carbons (Fsp3) is 0.882. The molecule has 0 radical (unpaired) electrons. The first-order chi connectivity index (χ1) is 14.7. The quantitative estimate of drug-likeness (QED) is 0.126. The van der Waals surface area contributed by atoms with E-state index in [4.69, 9.17) is 18.1 Å². The molecule has 0 rings (SSSR count). The minimum atomic E-state index is -3.12. The number of nitrogens with one attached hydrogen (secondary N) is 3. The zero-order chi connectivity index (χ0) is 23.8. The van der Waals surface area contributed by atoms with E-state index in [1.54, 1.807) is 4.90 Å². The Balaban J connectivity index is 4.40. The predicted molar refractivity (Wildman–Crippen MR) is 121 cm³/mol. The normalized spacial score (nSPS) is 12.3. The van der Waals surface area contributed by atoms with Crippen LogP contribution in [0.5, 0.6) is 0 Å². The zero-order valence-electron chi connectivity index (χ0n) is 19.3. The Morgan fingerprint density at radius 3 is 1.68 bits per heavy atom. The average molecular weight is 490 g/mol. The molecule has 184 valence electrons. The fourth-order valence-corrected chi connectivity index (χ4v) is 4.91. The van der Waals surface area contributed by atoms with Crippen LogP contribution in [0.25, 0.3) is 0 Å². The molecule has 0 unspecified atom stereocenters. The highest BCUT2D eigenvalue weighted by Gasteiger charge is 2.47. The van der Waals surface area contributed by atoms with Crippen molar-refractivity contribution in [2.45, 2.75) is 26.2 Å². The third-order valence-electron chi connectivity index (χ3n) is 4.32. The topological polar surface area (TPSA) is 151 Å². The molecule has 31 heavy (non-hydrogen) atoms. The molecule has 2 amide bonds. The van der Waals surface area contributed by atoms with E-state index in [1.807, 2.05) is 6.92 Å². The van der Waals surface area contributed by atoms with Crippen molar-refractivity contribution in [1.29, 1.82) is 0 Å². The molecular formula is C17H40N4O8P2+2. The summed E-state index contributed by atoms with van der Waals surface area (Å²) in [6.45, 7) is 4.49. The van der Waals surface area contributed by atoms with Gasteiger partial charge in [0, 0.05) is 39.0 Å².